The number of hydrogen-bond donors (Lipinski definition) is 4. The number of phenols is 3. The van der Waals surface area contributed by atoms with Crippen LogP contribution in [-0.2, 0) is 6.42 Å². The molecule has 0 spiro atoms. The number of aliphatic hydroxyl groups is 1. The van der Waals surface area contributed by atoms with Crippen LogP contribution in [0.4, 0.5) is 0 Å². The molecule has 0 bridgehead atoms. The molecule has 0 saturated heterocycles. The number of rotatable bonds is 1. The lowest BCUT2D eigenvalue weighted by Gasteiger charge is -2.37. The molecule has 2 aromatic carbocycles. The van der Waals surface area contributed by atoms with Crippen LogP contribution in [0.25, 0.3) is 0 Å². The predicted octanol–water partition coefficient (Wildman–Crippen LogP) is 2.58. The van der Waals surface area contributed by atoms with Gasteiger partial charge < -0.3 is 29.9 Å². The standard InChI is InChI=1S/C20H20O7/c1-20(2)6-5-11-14(27-20)8-13(23)15-16(24)17(25)19(26-18(11)15)10-4-3-9(21)7-12(10)22/h3-4,7-8,17,19,21-23,25H,5-6H2,1-2H3/t17-,19+/m0/s1. The van der Waals surface area contributed by atoms with E-state index in [-0.39, 0.29) is 34.1 Å². The van der Waals surface area contributed by atoms with E-state index in [1.54, 1.807) is 0 Å². The van der Waals surface area contributed by atoms with Crippen molar-refractivity contribution in [2.45, 2.75) is 44.5 Å². The number of ketones is 1. The Morgan fingerprint density at radius 3 is 2.56 bits per heavy atom. The Morgan fingerprint density at radius 1 is 1.11 bits per heavy atom. The number of Topliss-reactive ketones (excluding diaryl/α,β-unsaturated/α-hetero) is 1. The summed E-state index contributed by atoms with van der Waals surface area (Å²) in [5, 5.41) is 40.4. The summed E-state index contributed by atoms with van der Waals surface area (Å²) >= 11 is 0. The summed E-state index contributed by atoms with van der Waals surface area (Å²) in [5.41, 5.74) is 0.304. The van der Waals surface area contributed by atoms with Crippen molar-refractivity contribution in [1.82, 2.24) is 0 Å². The third-order valence-electron chi connectivity index (χ3n) is 5.05. The molecule has 2 aliphatic heterocycles. The molecule has 27 heavy (non-hydrogen) atoms. The molecule has 4 rings (SSSR count). The Balaban J connectivity index is 1.85. The van der Waals surface area contributed by atoms with Gasteiger partial charge in [-0.05, 0) is 38.8 Å². The maximum Gasteiger partial charge on any atom is 0.202 e. The predicted molar refractivity (Wildman–Crippen MR) is 94.6 cm³/mol. The van der Waals surface area contributed by atoms with Crippen molar-refractivity contribution >= 4 is 5.78 Å². The van der Waals surface area contributed by atoms with Gasteiger partial charge in [-0.25, -0.2) is 0 Å². The van der Waals surface area contributed by atoms with Crippen LogP contribution >= 0.6 is 0 Å². The number of ether oxygens (including phenoxy) is 2. The molecular formula is C20H20O7. The van der Waals surface area contributed by atoms with Crippen molar-refractivity contribution < 1.29 is 34.7 Å². The largest absolute Gasteiger partial charge is 0.508 e. The van der Waals surface area contributed by atoms with Gasteiger partial charge in [0.25, 0.3) is 0 Å². The molecule has 7 nitrogen and oxygen atoms in total. The van der Waals surface area contributed by atoms with Crippen molar-refractivity contribution in [2.75, 3.05) is 0 Å². The van der Waals surface area contributed by atoms with Gasteiger partial charge in [-0.15, -0.1) is 0 Å². The summed E-state index contributed by atoms with van der Waals surface area (Å²) in [6, 6.07) is 5.19. The van der Waals surface area contributed by atoms with Crippen LogP contribution in [0.2, 0.25) is 0 Å². The third-order valence-corrected chi connectivity index (χ3v) is 5.05. The molecule has 0 aromatic heterocycles. The van der Waals surface area contributed by atoms with Crippen LogP contribution in [-0.4, -0.2) is 37.9 Å². The normalized spacial score (nSPS) is 23.0. The number of aromatic hydroxyl groups is 3. The summed E-state index contributed by atoms with van der Waals surface area (Å²) in [4.78, 5) is 12.8. The maximum absolute atomic E-state index is 12.8. The summed E-state index contributed by atoms with van der Waals surface area (Å²) in [6.45, 7) is 3.86. The lowest BCUT2D eigenvalue weighted by atomic mass is 9.87. The van der Waals surface area contributed by atoms with Gasteiger partial charge in [-0.2, -0.15) is 0 Å². The van der Waals surface area contributed by atoms with E-state index in [0.29, 0.717) is 24.2 Å². The molecule has 2 aromatic rings. The number of hydrogen-bond acceptors (Lipinski definition) is 7. The molecule has 142 valence electrons. The van der Waals surface area contributed by atoms with Crippen LogP contribution in [0.3, 0.4) is 0 Å². The first kappa shape index (κ1) is 17.5. The monoisotopic (exact) mass is 372 g/mol. The third kappa shape index (κ3) is 2.75. The van der Waals surface area contributed by atoms with E-state index >= 15 is 0 Å². The van der Waals surface area contributed by atoms with Gasteiger partial charge in [0.15, 0.2) is 12.2 Å². The van der Waals surface area contributed by atoms with Crippen molar-refractivity contribution in [2.24, 2.45) is 0 Å². The number of benzene rings is 2. The summed E-state index contributed by atoms with van der Waals surface area (Å²) in [7, 11) is 0. The lowest BCUT2D eigenvalue weighted by molar-refractivity contribution is 0.0183. The zero-order valence-corrected chi connectivity index (χ0v) is 14.9. The first-order chi connectivity index (χ1) is 12.7. The average molecular weight is 372 g/mol. The summed E-state index contributed by atoms with van der Waals surface area (Å²) in [5.74, 6) is -0.882. The number of carbonyl (C=O) groups is 1. The zero-order valence-electron chi connectivity index (χ0n) is 14.9. The van der Waals surface area contributed by atoms with Crippen LogP contribution in [0.5, 0.6) is 28.7 Å². The molecule has 0 fully saturated rings. The SMILES string of the molecule is CC1(C)CCc2c(cc(O)c3c2O[C@H](c2ccc(O)cc2O)[C@@H](O)C3=O)O1. The van der Waals surface area contributed by atoms with Crippen molar-refractivity contribution in [3.63, 3.8) is 0 Å². The molecule has 4 N–H and O–H groups in total. The minimum atomic E-state index is -1.61. The van der Waals surface area contributed by atoms with E-state index < -0.39 is 23.6 Å². The van der Waals surface area contributed by atoms with E-state index in [9.17, 15) is 25.2 Å². The summed E-state index contributed by atoms with van der Waals surface area (Å²) in [6.07, 6.45) is -1.53. The molecular weight excluding hydrogens is 352 g/mol. The zero-order chi connectivity index (χ0) is 19.5. The summed E-state index contributed by atoms with van der Waals surface area (Å²) < 4.78 is 11.8. The number of aliphatic hydroxyl groups excluding tert-OH is 1. The molecule has 0 unspecified atom stereocenters. The maximum atomic E-state index is 12.8. The van der Waals surface area contributed by atoms with Crippen LogP contribution in [0.15, 0.2) is 24.3 Å². The molecule has 0 amide bonds. The van der Waals surface area contributed by atoms with Gasteiger partial charge in [0.05, 0.1) is 0 Å². The molecule has 7 heteroatoms. The fraction of sp³-hybridized carbons (Fsp3) is 0.350. The van der Waals surface area contributed by atoms with E-state index in [0.717, 1.165) is 6.07 Å². The second-order valence-electron chi connectivity index (χ2n) is 7.53. The first-order valence-electron chi connectivity index (χ1n) is 8.66. The molecule has 0 saturated carbocycles. The van der Waals surface area contributed by atoms with Gasteiger partial charge >= 0.3 is 0 Å². The number of carbonyl (C=O) groups excluding carboxylic acids is 1. The van der Waals surface area contributed by atoms with E-state index in [1.165, 1.54) is 18.2 Å². The Morgan fingerprint density at radius 2 is 1.85 bits per heavy atom. The van der Waals surface area contributed by atoms with E-state index in [1.807, 2.05) is 13.8 Å². The van der Waals surface area contributed by atoms with Gasteiger partial charge in [-0.3, -0.25) is 4.79 Å². The highest BCUT2D eigenvalue weighted by Crippen LogP contribution is 2.49. The van der Waals surface area contributed by atoms with Crippen LogP contribution in [0, 0.1) is 0 Å². The minimum absolute atomic E-state index is 0.0842. The van der Waals surface area contributed by atoms with Gasteiger partial charge in [-0.1, -0.05) is 0 Å². The molecule has 2 atom stereocenters. The Kier molecular flexibility index (Phi) is 3.75. The van der Waals surface area contributed by atoms with Crippen molar-refractivity contribution in [3.8, 4) is 28.7 Å². The molecule has 2 aliphatic rings. The molecule has 0 radical (unpaired) electrons. The van der Waals surface area contributed by atoms with Gasteiger partial charge in [0.2, 0.25) is 5.78 Å². The van der Waals surface area contributed by atoms with Crippen LogP contribution in [0.1, 0.15) is 47.9 Å². The topological polar surface area (TPSA) is 116 Å². The highest BCUT2D eigenvalue weighted by molar-refractivity contribution is 6.06. The minimum Gasteiger partial charge on any atom is -0.508 e. The highest BCUT2D eigenvalue weighted by Gasteiger charge is 2.43. The lowest BCUT2D eigenvalue weighted by Crippen LogP contribution is -2.38. The van der Waals surface area contributed by atoms with Gasteiger partial charge in [0.1, 0.15) is 39.9 Å². The molecule has 2 heterocycles. The Bertz CT molecular complexity index is 948. The van der Waals surface area contributed by atoms with Crippen molar-refractivity contribution in [1.29, 1.82) is 0 Å². The fourth-order valence-corrected chi connectivity index (χ4v) is 3.62. The average Bonchev–Trinajstić information content (AvgIpc) is 2.57. The Hall–Kier alpha value is -2.93. The number of phenolic OH excluding ortho intramolecular Hbond substituents is 3. The quantitative estimate of drug-likeness (QED) is 0.608. The first-order valence-corrected chi connectivity index (χ1v) is 8.66. The highest BCUT2D eigenvalue weighted by atomic mass is 16.5. The second-order valence-corrected chi connectivity index (χ2v) is 7.53. The Labute approximate surface area is 155 Å². The fourth-order valence-electron chi connectivity index (χ4n) is 3.62. The second kappa shape index (κ2) is 5.79. The van der Waals surface area contributed by atoms with Crippen LogP contribution < -0.4 is 9.47 Å². The van der Waals surface area contributed by atoms with Gasteiger partial charge in [0, 0.05) is 23.3 Å². The van der Waals surface area contributed by atoms with E-state index in [2.05, 4.69) is 0 Å². The van der Waals surface area contributed by atoms with E-state index in [4.69, 9.17) is 9.47 Å². The smallest absolute Gasteiger partial charge is 0.202 e. The number of fused-ring (bicyclic) bond motifs is 3. The van der Waals surface area contributed by atoms with Crippen molar-refractivity contribution in [3.05, 3.63) is 41.0 Å². The molecule has 0 aliphatic carbocycles.